The topological polar surface area (TPSA) is 49.7 Å². The van der Waals surface area contributed by atoms with E-state index in [1.54, 1.807) is 6.92 Å². The molecule has 0 bridgehead atoms. The van der Waals surface area contributed by atoms with Crippen LogP contribution in [0.5, 0.6) is 11.5 Å². The fourth-order valence-electron chi connectivity index (χ4n) is 1.05. The van der Waals surface area contributed by atoms with E-state index in [-0.39, 0.29) is 33.7 Å². The van der Waals surface area contributed by atoms with Gasteiger partial charge in [-0.15, -0.1) is 0 Å². The van der Waals surface area contributed by atoms with Crippen molar-refractivity contribution in [3.8, 4) is 11.5 Å². The van der Waals surface area contributed by atoms with Crippen LogP contribution in [0.1, 0.15) is 12.5 Å². The minimum Gasteiger partial charge on any atom is -0.504 e. The van der Waals surface area contributed by atoms with Gasteiger partial charge in [-0.05, 0) is 6.92 Å². The highest BCUT2D eigenvalue weighted by molar-refractivity contribution is 6.42. The number of aliphatic hydroxyl groups excluding tert-OH is 1. The van der Waals surface area contributed by atoms with E-state index >= 15 is 0 Å². The van der Waals surface area contributed by atoms with Crippen molar-refractivity contribution in [3.63, 3.8) is 0 Å². The van der Waals surface area contributed by atoms with Crippen LogP contribution in [0.2, 0.25) is 10.0 Å². The molecule has 0 aromatic heterocycles. The Kier molecular flexibility index (Phi) is 3.86. The maximum atomic E-state index is 9.60. The van der Waals surface area contributed by atoms with Crippen LogP contribution in [-0.4, -0.2) is 16.8 Å². The second-order valence-corrected chi connectivity index (χ2v) is 3.37. The molecule has 3 nitrogen and oxygen atoms in total. The number of ether oxygens (including phenoxy) is 1. The van der Waals surface area contributed by atoms with Gasteiger partial charge in [0.05, 0.1) is 23.3 Å². The van der Waals surface area contributed by atoms with Gasteiger partial charge in [0.25, 0.3) is 0 Å². The van der Waals surface area contributed by atoms with Gasteiger partial charge in [0.2, 0.25) is 0 Å². The highest BCUT2D eigenvalue weighted by atomic mass is 35.5. The summed E-state index contributed by atoms with van der Waals surface area (Å²) in [6, 6.07) is 1.42. The third-order valence-corrected chi connectivity index (χ3v) is 2.54. The Morgan fingerprint density at radius 2 is 2.07 bits per heavy atom. The van der Waals surface area contributed by atoms with Crippen LogP contribution in [0.4, 0.5) is 0 Å². The molecule has 0 aliphatic carbocycles. The molecule has 0 aliphatic heterocycles. The smallest absolute Gasteiger partial charge is 0.164 e. The van der Waals surface area contributed by atoms with Crippen molar-refractivity contribution in [2.45, 2.75) is 13.5 Å². The van der Waals surface area contributed by atoms with Gasteiger partial charge in [-0.25, -0.2) is 0 Å². The van der Waals surface area contributed by atoms with Crippen LogP contribution in [0.15, 0.2) is 6.07 Å². The Bertz CT molecular complexity index is 339. The molecule has 5 heteroatoms. The first-order chi connectivity index (χ1) is 6.61. The predicted octanol–water partition coefficient (Wildman–Crippen LogP) is 2.59. The highest BCUT2D eigenvalue weighted by Gasteiger charge is 2.15. The summed E-state index contributed by atoms with van der Waals surface area (Å²) < 4.78 is 5.11. The van der Waals surface area contributed by atoms with E-state index in [0.717, 1.165) is 0 Å². The van der Waals surface area contributed by atoms with E-state index in [1.165, 1.54) is 6.07 Å². The summed E-state index contributed by atoms with van der Waals surface area (Å²) in [5.41, 5.74) is 0.183. The zero-order valence-corrected chi connectivity index (χ0v) is 9.06. The molecule has 14 heavy (non-hydrogen) atoms. The van der Waals surface area contributed by atoms with E-state index in [9.17, 15) is 5.11 Å². The van der Waals surface area contributed by atoms with Gasteiger partial charge in [-0.1, -0.05) is 23.2 Å². The standard InChI is InChI=1S/C9H10Cl2O3/c1-2-14-7-3-6(10)8(11)5(4-12)9(7)13/h3,12-13H,2,4H2,1H3. The third-order valence-electron chi connectivity index (χ3n) is 1.71. The number of halogens is 2. The average molecular weight is 237 g/mol. The van der Waals surface area contributed by atoms with Gasteiger partial charge in [0.1, 0.15) is 0 Å². The number of hydrogen-bond donors (Lipinski definition) is 2. The summed E-state index contributed by atoms with van der Waals surface area (Å²) in [6.07, 6.45) is 0. The van der Waals surface area contributed by atoms with Gasteiger partial charge in [-0.3, -0.25) is 0 Å². The van der Waals surface area contributed by atoms with E-state index < -0.39 is 0 Å². The molecule has 0 heterocycles. The second-order valence-electron chi connectivity index (χ2n) is 2.59. The maximum absolute atomic E-state index is 9.60. The quantitative estimate of drug-likeness (QED) is 0.849. The van der Waals surface area contributed by atoms with Crippen LogP contribution in [-0.2, 0) is 6.61 Å². The lowest BCUT2D eigenvalue weighted by molar-refractivity contribution is 0.269. The second kappa shape index (κ2) is 4.73. The summed E-state index contributed by atoms with van der Waals surface area (Å²) in [6.45, 7) is 1.79. The number of aliphatic hydroxyl groups is 1. The largest absolute Gasteiger partial charge is 0.504 e. The maximum Gasteiger partial charge on any atom is 0.164 e. The Hall–Kier alpha value is -0.640. The van der Waals surface area contributed by atoms with Gasteiger partial charge >= 0.3 is 0 Å². The molecule has 1 aromatic carbocycles. The summed E-state index contributed by atoms with van der Waals surface area (Å²) >= 11 is 11.5. The van der Waals surface area contributed by atoms with Crippen LogP contribution in [0, 0.1) is 0 Å². The van der Waals surface area contributed by atoms with E-state index in [0.29, 0.717) is 6.61 Å². The molecule has 0 spiro atoms. The first-order valence-corrected chi connectivity index (χ1v) is 4.80. The minimum atomic E-state index is -0.384. The molecule has 0 atom stereocenters. The van der Waals surface area contributed by atoms with Crippen molar-refractivity contribution in [1.29, 1.82) is 0 Å². The fraction of sp³-hybridized carbons (Fsp3) is 0.333. The monoisotopic (exact) mass is 236 g/mol. The normalized spacial score (nSPS) is 10.3. The lowest BCUT2D eigenvalue weighted by Gasteiger charge is -2.11. The molecule has 2 N–H and O–H groups in total. The van der Waals surface area contributed by atoms with Crippen molar-refractivity contribution in [2.75, 3.05) is 6.61 Å². The number of rotatable bonds is 3. The van der Waals surface area contributed by atoms with E-state index in [4.69, 9.17) is 33.0 Å². The summed E-state index contributed by atoms with van der Waals surface area (Å²) in [5.74, 6) is 0.0645. The zero-order valence-electron chi connectivity index (χ0n) is 7.55. The lowest BCUT2D eigenvalue weighted by atomic mass is 10.2. The van der Waals surface area contributed by atoms with Crippen LogP contribution in [0.3, 0.4) is 0 Å². The molecule has 0 saturated carbocycles. The molecule has 0 aliphatic rings. The molecule has 1 aromatic rings. The van der Waals surface area contributed by atoms with Gasteiger partial charge in [-0.2, -0.15) is 0 Å². The lowest BCUT2D eigenvalue weighted by Crippen LogP contribution is -1.95. The van der Waals surface area contributed by atoms with Crippen molar-refractivity contribution < 1.29 is 14.9 Å². The molecule has 0 amide bonds. The van der Waals surface area contributed by atoms with Crippen molar-refractivity contribution in [2.24, 2.45) is 0 Å². The van der Waals surface area contributed by atoms with Crippen molar-refractivity contribution >= 4 is 23.2 Å². The summed E-state index contributed by atoms with van der Waals surface area (Å²) in [7, 11) is 0. The predicted molar refractivity (Wildman–Crippen MR) is 55.2 cm³/mol. The molecule has 0 unspecified atom stereocenters. The minimum absolute atomic E-state index is 0.148. The zero-order chi connectivity index (χ0) is 10.7. The Labute approximate surface area is 91.8 Å². The Balaban J connectivity index is 3.27. The van der Waals surface area contributed by atoms with Gasteiger partial charge < -0.3 is 14.9 Å². The first kappa shape index (κ1) is 11.4. The number of benzene rings is 1. The number of phenols is 1. The first-order valence-electron chi connectivity index (χ1n) is 4.05. The SMILES string of the molecule is CCOc1cc(Cl)c(Cl)c(CO)c1O. The van der Waals surface area contributed by atoms with Crippen LogP contribution >= 0.6 is 23.2 Å². The Morgan fingerprint density at radius 3 is 2.57 bits per heavy atom. The average Bonchev–Trinajstić information content (AvgIpc) is 2.16. The molecule has 78 valence electrons. The molecule has 1 rings (SSSR count). The van der Waals surface area contributed by atoms with Crippen LogP contribution < -0.4 is 4.74 Å². The van der Waals surface area contributed by atoms with Crippen LogP contribution in [0.25, 0.3) is 0 Å². The molecule has 0 radical (unpaired) electrons. The van der Waals surface area contributed by atoms with Crippen molar-refractivity contribution in [1.82, 2.24) is 0 Å². The fourth-order valence-corrected chi connectivity index (χ4v) is 1.47. The van der Waals surface area contributed by atoms with Gasteiger partial charge in [0, 0.05) is 11.6 Å². The van der Waals surface area contributed by atoms with E-state index in [2.05, 4.69) is 0 Å². The van der Waals surface area contributed by atoms with Crippen molar-refractivity contribution in [3.05, 3.63) is 21.7 Å². The summed E-state index contributed by atoms with van der Waals surface area (Å²) in [4.78, 5) is 0. The molecular weight excluding hydrogens is 227 g/mol. The summed E-state index contributed by atoms with van der Waals surface area (Å²) in [5, 5.41) is 19.0. The Morgan fingerprint density at radius 1 is 1.43 bits per heavy atom. The number of hydrogen-bond acceptors (Lipinski definition) is 3. The van der Waals surface area contributed by atoms with E-state index in [1.807, 2.05) is 0 Å². The van der Waals surface area contributed by atoms with Gasteiger partial charge in [0.15, 0.2) is 11.5 Å². The highest BCUT2D eigenvalue weighted by Crippen LogP contribution is 2.40. The number of aromatic hydroxyl groups is 1. The molecule has 0 saturated heterocycles. The third kappa shape index (κ3) is 2.05. The molecule has 0 fully saturated rings. The molecular formula is C9H10Cl2O3.